The standard InChI is InChI=1S/C23H21F3N6O/c1-12-8-16(14-6-4-3-5-7-14)20(30-12)13(2)31-22-19(21(27)28-11-29-22)15-9-17(23(24,25)26)32-18(33)10-15/h3-11,13,30H,1-2H3,(H,32,33)(H3,27,28,29,31)/t13-/m0/s1. The van der Waals surface area contributed by atoms with Crippen LogP contribution < -0.4 is 16.6 Å². The number of aromatic nitrogens is 4. The van der Waals surface area contributed by atoms with E-state index in [1.54, 1.807) is 4.98 Å². The van der Waals surface area contributed by atoms with Gasteiger partial charge in [0.1, 0.15) is 23.7 Å². The molecule has 0 bridgehead atoms. The van der Waals surface area contributed by atoms with Gasteiger partial charge in [-0.3, -0.25) is 4.79 Å². The molecule has 0 aliphatic rings. The Bertz CT molecular complexity index is 1340. The van der Waals surface area contributed by atoms with E-state index in [9.17, 15) is 18.0 Å². The number of nitrogens with zero attached hydrogens (tertiary/aromatic N) is 2. The van der Waals surface area contributed by atoms with Crippen LogP contribution in [0.15, 0.2) is 59.7 Å². The number of anilines is 2. The van der Waals surface area contributed by atoms with Crippen molar-refractivity contribution in [3.63, 3.8) is 0 Å². The molecule has 170 valence electrons. The Hall–Kier alpha value is -4.08. The van der Waals surface area contributed by atoms with E-state index in [0.29, 0.717) is 0 Å². The first-order valence-electron chi connectivity index (χ1n) is 10.1. The number of hydrogen-bond donors (Lipinski definition) is 4. The molecular weight excluding hydrogens is 433 g/mol. The van der Waals surface area contributed by atoms with Gasteiger partial charge < -0.3 is 21.0 Å². The van der Waals surface area contributed by atoms with Gasteiger partial charge in [0.25, 0.3) is 0 Å². The fourth-order valence-corrected chi connectivity index (χ4v) is 3.72. The van der Waals surface area contributed by atoms with Gasteiger partial charge in [-0.15, -0.1) is 0 Å². The highest BCUT2D eigenvalue weighted by Gasteiger charge is 2.33. The topological polar surface area (TPSA) is 112 Å². The number of nitrogens with two attached hydrogens (primary N) is 1. The second kappa shape index (κ2) is 8.45. The van der Waals surface area contributed by atoms with Gasteiger partial charge in [0, 0.05) is 23.0 Å². The predicted molar refractivity (Wildman–Crippen MR) is 121 cm³/mol. The number of pyridine rings is 1. The van der Waals surface area contributed by atoms with Crippen LogP contribution in [0.25, 0.3) is 22.3 Å². The molecule has 0 unspecified atom stereocenters. The largest absolute Gasteiger partial charge is 0.431 e. The molecule has 7 nitrogen and oxygen atoms in total. The van der Waals surface area contributed by atoms with Gasteiger partial charge in [0.05, 0.1) is 11.6 Å². The SMILES string of the molecule is Cc1cc(-c2ccccc2)c([C@H](C)Nc2ncnc(N)c2-c2cc(C(F)(F)F)[nH]c(=O)c2)[nH]1. The van der Waals surface area contributed by atoms with E-state index in [0.717, 1.165) is 34.6 Å². The summed E-state index contributed by atoms with van der Waals surface area (Å²) in [5.74, 6) is 0.157. The van der Waals surface area contributed by atoms with Crippen LogP contribution in [0.4, 0.5) is 24.8 Å². The summed E-state index contributed by atoms with van der Waals surface area (Å²) in [6.45, 7) is 3.82. The first-order chi connectivity index (χ1) is 15.6. The zero-order valence-electron chi connectivity index (χ0n) is 17.8. The summed E-state index contributed by atoms with van der Waals surface area (Å²) in [5.41, 5.74) is 7.80. The average molecular weight is 454 g/mol. The average Bonchev–Trinajstić information content (AvgIpc) is 3.15. The smallest absolute Gasteiger partial charge is 0.383 e. The molecule has 0 spiro atoms. The molecule has 4 rings (SSSR count). The van der Waals surface area contributed by atoms with E-state index in [2.05, 4.69) is 20.3 Å². The minimum absolute atomic E-state index is 0.0372. The molecule has 33 heavy (non-hydrogen) atoms. The molecule has 4 aromatic rings. The van der Waals surface area contributed by atoms with E-state index >= 15 is 0 Å². The molecule has 10 heteroatoms. The summed E-state index contributed by atoms with van der Waals surface area (Å²) >= 11 is 0. The lowest BCUT2D eigenvalue weighted by molar-refractivity contribution is -0.141. The number of halogens is 3. The molecule has 0 aliphatic carbocycles. The molecule has 3 aromatic heterocycles. The van der Waals surface area contributed by atoms with E-state index < -0.39 is 17.4 Å². The summed E-state index contributed by atoms with van der Waals surface area (Å²) in [6.07, 6.45) is -3.52. The number of nitrogen functional groups attached to an aromatic ring is 1. The number of rotatable bonds is 5. The van der Waals surface area contributed by atoms with Crippen molar-refractivity contribution in [3.05, 3.63) is 82.3 Å². The Balaban J connectivity index is 1.76. The van der Waals surface area contributed by atoms with Crippen molar-refractivity contribution < 1.29 is 13.2 Å². The van der Waals surface area contributed by atoms with Crippen molar-refractivity contribution in [2.45, 2.75) is 26.1 Å². The molecule has 1 atom stereocenters. The Labute approximate surface area is 186 Å². The monoisotopic (exact) mass is 454 g/mol. The molecule has 3 heterocycles. The van der Waals surface area contributed by atoms with Crippen molar-refractivity contribution >= 4 is 11.6 Å². The number of alkyl halides is 3. The fraction of sp³-hybridized carbons (Fsp3) is 0.174. The maximum atomic E-state index is 13.3. The van der Waals surface area contributed by atoms with E-state index in [-0.39, 0.29) is 28.8 Å². The van der Waals surface area contributed by atoms with Crippen molar-refractivity contribution in [3.8, 4) is 22.3 Å². The fourth-order valence-electron chi connectivity index (χ4n) is 3.72. The van der Waals surface area contributed by atoms with Gasteiger partial charge in [-0.05, 0) is 37.1 Å². The van der Waals surface area contributed by atoms with Gasteiger partial charge in [-0.25, -0.2) is 9.97 Å². The molecule has 0 fully saturated rings. The van der Waals surface area contributed by atoms with Gasteiger partial charge in [0.2, 0.25) is 5.56 Å². The number of benzene rings is 1. The molecule has 1 aromatic carbocycles. The number of aromatic amines is 2. The third kappa shape index (κ3) is 4.59. The zero-order chi connectivity index (χ0) is 23.8. The van der Waals surface area contributed by atoms with Crippen LogP contribution in [-0.4, -0.2) is 19.9 Å². The lowest BCUT2D eigenvalue weighted by Gasteiger charge is -2.19. The van der Waals surface area contributed by atoms with Crippen molar-refractivity contribution in [1.29, 1.82) is 0 Å². The van der Waals surface area contributed by atoms with Crippen LogP contribution >= 0.6 is 0 Å². The van der Waals surface area contributed by atoms with E-state index in [4.69, 9.17) is 5.73 Å². The van der Waals surface area contributed by atoms with Gasteiger partial charge in [0.15, 0.2) is 0 Å². The zero-order valence-corrected chi connectivity index (χ0v) is 17.8. The van der Waals surface area contributed by atoms with E-state index in [1.165, 1.54) is 6.33 Å². The summed E-state index contributed by atoms with van der Waals surface area (Å²) in [5, 5.41) is 3.21. The van der Waals surface area contributed by atoms with Crippen molar-refractivity contribution in [2.75, 3.05) is 11.1 Å². The van der Waals surface area contributed by atoms with Gasteiger partial charge in [-0.1, -0.05) is 30.3 Å². The third-order valence-corrected chi connectivity index (χ3v) is 5.17. The predicted octanol–water partition coefficient (Wildman–Crippen LogP) is 4.91. The number of nitrogens with one attached hydrogen (secondary N) is 3. The second-order valence-corrected chi connectivity index (χ2v) is 7.64. The maximum absolute atomic E-state index is 13.3. The molecule has 0 saturated carbocycles. The number of hydrogen-bond acceptors (Lipinski definition) is 5. The van der Waals surface area contributed by atoms with Gasteiger partial charge in [-0.2, -0.15) is 13.2 Å². The molecule has 0 radical (unpaired) electrons. The quantitative estimate of drug-likeness (QED) is 0.342. The molecule has 0 amide bonds. The van der Waals surface area contributed by atoms with Crippen LogP contribution in [0.3, 0.4) is 0 Å². The van der Waals surface area contributed by atoms with Crippen molar-refractivity contribution in [2.24, 2.45) is 0 Å². The highest BCUT2D eigenvalue weighted by Crippen LogP contribution is 2.36. The highest BCUT2D eigenvalue weighted by atomic mass is 19.4. The Morgan fingerprint density at radius 2 is 1.76 bits per heavy atom. The summed E-state index contributed by atoms with van der Waals surface area (Å²) in [6, 6.07) is 13.3. The Kier molecular flexibility index (Phi) is 5.67. The summed E-state index contributed by atoms with van der Waals surface area (Å²) in [4.78, 5) is 25.2. The molecule has 0 saturated heterocycles. The lowest BCUT2D eigenvalue weighted by Crippen LogP contribution is -2.17. The van der Waals surface area contributed by atoms with Crippen LogP contribution in [0.1, 0.15) is 30.0 Å². The molecular formula is C23H21F3N6O. The Morgan fingerprint density at radius 3 is 2.45 bits per heavy atom. The van der Waals surface area contributed by atoms with Crippen molar-refractivity contribution in [1.82, 2.24) is 19.9 Å². The first-order valence-corrected chi connectivity index (χ1v) is 10.1. The number of aryl methyl sites for hydroxylation is 1. The van der Waals surface area contributed by atoms with Crippen LogP contribution in [0.5, 0.6) is 0 Å². The summed E-state index contributed by atoms with van der Waals surface area (Å²) < 4.78 is 39.8. The van der Waals surface area contributed by atoms with Crippen LogP contribution in [0, 0.1) is 6.92 Å². The summed E-state index contributed by atoms with van der Waals surface area (Å²) in [7, 11) is 0. The third-order valence-electron chi connectivity index (χ3n) is 5.17. The lowest BCUT2D eigenvalue weighted by atomic mass is 10.0. The Morgan fingerprint density at radius 1 is 1.03 bits per heavy atom. The first kappa shape index (κ1) is 22.1. The molecule has 5 N–H and O–H groups in total. The second-order valence-electron chi connectivity index (χ2n) is 7.64. The van der Waals surface area contributed by atoms with E-state index in [1.807, 2.05) is 50.2 Å². The molecule has 0 aliphatic heterocycles. The maximum Gasteiger partial charge on any atom is 0.431 e. The van der Waals surface area contributed by atoms with Gasteiger partial charge >= 0.3 is 6.18 Å². The normalized spacial score (nSPS) is 12.5. The van der Waals surface area contributed by atoms with Crippen LogP contribution in [0.2, 0.25) is 0 Å². The minimum Gasteiger partial charge on any atom is -0.383 e. The highest BCUT2D eigenvalue weighted by molar-refractivity contribution is 5.84. The minimum atomic E-state index is -4.73. The number of H-pyrrole nitrogens is 2. The van der Waals surface area contributed by atoms with Crippen LogP contribution in [-0.2, 0) is 6.18 Å².